The van der Waals surface area contributed by atoms with E-state index in [4.69, 9.17) is 8.83 Å². The number of fused-ring (bicyclic) bond motifs is 9. The summed E-state index contributed by atoms with van der Waals surface area (Å²) in [6.45, 7) is 4.52. The van der Waals surface area contributed by atoms with Gasteiger partial charge in [0, 0.05) is 45.5 Å². The number of rotatable bonds is 12. The highest BCUT2D eigenvalue weighted by molar-refractivity contribution is 6.27. The van der Waals surface area contributed by atoms with Crippen molar-refractivity contribution in [2.75, 3.05) is 0 Å². The summed E-state index contributed by atoms with van der Waals surface area (Å²) in [5.74, 6) is 13.5. The molecule has 2 heterocycles. The van der Waals surface area contributed by atoms with E-state index in [2.05, 4.69) is 98.2 Å². The lowest BCUT2D eigenvalue weighted by Gasteiger charge is -2.02. The summed E-state index contributed by atoms with van der Waals surface area (Å²) < 4.78 is 12.7. The number of furan rings is 2. The van der Waals surface area contributed by atoms with Crippen LogP contribution in [0.2, 0.25) is 0 Å². The van der Waals surface area contributed by atoms with Crippen molar-refractivity contribution >= 4 is 54.6 Å². The highest BCUT2D eigenvalue weighted by Crippen LogP contribution is 2.40. The van der Waals surface area contributed by atoms with Crippen LogP contribution in [0.15, 0.2) is 69.5 Å². The zero-order chi connectivity index (χ0) is 30.1. The van der Waals surface area contributed by atoms with Crippen LogP contribution in [-0.2, 0) is 0 Å². The fraction of sp³-hybridized carbons (Fsp3) is 0.381. The number of hydrogen-bond acceptors (Lipinski definition) is 2. The Balaban J connectivity index is 1.23. The molecular weight excluding hydrogens is 536 g/mol. The lowest BCUT2D eigenvalue weighted by atomic mass is 9.99. The smallest absolute Gasteiger partial charge is 0.136 e. The second kappa shape index (κ2) is 14.6. The Morgan fingerprint density at radius 3 is 1.30 bits per heavy atom. The Kier molecular flexibility index (Phi) is 9.90. The molecule has 2 aromatic heterocycles. The third kappa shape index (κ3) is 6.66. The summed E-state index contributed by atoms with van der Waals surface area (Å²) in [5, 5.41) is 6.92. The summed E-state index contributed by atoms with van der Waals surface area (Å²) in [4.78, 5) is 0. The van der Waals surface area contributed by atoms with E-state index in [0.29, 0.717) is 0 Å². The first-order valence-corrected chi connectivity index (χ1v) is 17.0. The molecule has 0 unspecified atom stereocenters. The summed E-state index contributed by atoms with van der Waals surface area (Å²) in [5.41, 5.74) is 5.61. The first-order valence-electron chi connectivity index (χ1n) is 17.0. The van der Waals surface area contributed by atoms with Gasteiger partial charge in [-0.05, 0) is 84.3 Å². The second-order valence-corrected chi connectivity index (χ2v) is 12.2. The highest BCUT2D eigenvalue weighted by atomic mass is 16.3. The molecule has 0 bridgehead atoms. The van der Waals surface area contributed by atoms with Crippen LogP contribution in [-0.4, -0.2) is 0 Å². The number of hydrogen-bond donors (Lipinski definition) is 0. The Morgan fingerprint density at radius 2 is 0.841 bits per heavy atom. The van der Waals surface area contributed by atoms with Gasteiger partial charge in [-0.15, -0.1) is 0 Å². The summed E-state index contributed by atoms with van der Waals surface area (Å²) in [6.07, 6.45) is 17.4. The molecule has 0 N–H and O–H groups in total. The average molecular weight is 581 g/mol. The van der Waals surface area contributed by atoms with E-state index in [1.54, 1.807) is 0 Å². The third-order valence-corrected chi connectivity index (χ3v) is 8.84. The van der Waals surface area contributed by atoms with Crippen LogP contribution < -0.4 is 0 Å². The summed E-state index contributed by atoms with van der Waals surface area (Å²) in [6, 6.07) is 21.3. The maximum atomic E-state index is 6.35. The fourth-order valence-corrected chi connectivity index (χ4v) is 6.43. The van der Waals surface area contributed by atoms with Crippen molar-refractivity contribution in [1.29, 1.82) is 0 Å². The van der Waals surface area contributed by atoms with E-state index >= 15 is 0 Å². The third-order valence-electron chi connectivity index (χ3n) is 8.84. The van der Waals surface area contributed by atoms with Crippen molar-refractivity contribution in [2.45, 2.75) is 104 Å². The largest absolute Gasteiger partial charge is 0.456 e. The molecule has 0 aliphatic carbocycles. The minimum absolute atomic E-state index is 0.889. The number of unbranched alkanes of at least 4 members (excludes halogenated alkanes) is 12. The molecule has 0 saturated heterocycles. The molecule has 6 rings (SSSR count). The molecule has 44 heavy (non-hydrogen) atoms. The van der Waals surface area contributed by atoms with Gasteiger partial charge in [0.25, 0.3) is 0 Å². The molecule has 0 aliphatic rings. The van der Waals surface area contributed by atoms with Crippen LogP contribution >= 0.6 is 0 Å². The Labute approximate surface area is 262 Å². The quantitative estimate of drug-likeness (QED) is 0.106. The van der Waals surface area contributed by atoms with Gasteiger partial charge in [-0.25, -0.2) is 0 Å². The van der Waals surface area contributed by atoms with E-state index in [1.807, 2.05) is 0 Å². The molecular formula is C42H44O2. The van der Waals surface area contributed by atoms with Crippen molar-refractivity contribution in [2.24, 2.45) is 0 Å². The summed E-state index contributed by atoms with van der Waals surface area (Å²) >= 11 is 0. The molecule has 0 radical (unpaired) electrons. The van der Waals surface area contributed by atoms with Crippen molar-refractivity contribution in [3.05, 3.63) is 71.8 Å². The topological polar surface area (TPSA) is 26.3 Å². The van der Waals surface area contributed by atoms with E-state index in [-0.39, 0.29) is 0 Å². The van der Waals surface area contributed by atoms with Gasteiger partial charge >= 0.3 is 0 Å². The summed E-state index contributed by atoms with van der Waals surface area (Å²) in [7, 11) is 0. The van der Waals surface area contributed by atoms with E-state index in [0.717, 1.165) is 67.8 Å². The minimum atomic E-state index is 0.889. The molecule has 224 valence electrons. The molecule has 0 saturated carbocycles. The lowest BCUT2D eigenvalue weighted by molar-refractivity contribution is 0.614. The lowest BCUT2D eigenvalue weighted by Crippen LogP contribution is -1.79. The monoisotopic (exact) mass is 580 g/mol. The number of benzene rings is 4. The van der Waals surface area contributed by atoms with Crippen LogP contribution in [0.4, 0.5) is 0 Å². The van der Waals surface area contributed by atoms with Crippen LogP contribution in [0.1, 0.15) is 115 Å². The molecule has 2 heteroatoms. The zero-order valence-electron chi connectivity index (χ0n) is 26.5. The first-order chi connectivity index (χ1) is 21.8. The molecule has 0 spiro atoms. The second-order valence-electron chi connectivity index (χ2n) is 12.2. The maximum Gasteiger partial charge on any atom is 0.136 e. The van der Waals surface area contributed by atoms with Crippen LogP contribution in [0.25, 0.3) is 54.6 Å². The van der Waals surface area contributed by atoms with Crippen LogP contribution in [0.3, 0.4) is 0 Å². The van der Waals surface area contributed by atoms with Crippen molar-refractivity contribution < 1.29 is 8.83 Å². The van der Waals surface area contributed by atoms with Gasteiger partial charge in [-0.2, -0.15) is 0 Å². The molecule has 0 aliphatic heterocycles. The van der Waals surface area contributed by atoms with Crippen LogP contribution in [0.5, 0.6) is 0 Å². The van der Waals surface area contributed by atoms with Crippen LogP contribution in [0, 0.1) is 23.7 Å². The van der Waals surface area contributed by atoms with E-state index in [1.165, 1.54) is 87.8 Å². The highest BCUT2D eigenvalue weighted by Gasteiger charge is 2.16. The standard InChI is InChI=1S/C42H44O2/c1-3-5-7-9-11-13-15-17-19-31-21-23-35-39(29-31)43-37-27-25-34-33(41(35)37)26-28-38-42(34)36-24-22-32(30-40(36)44-38)20-18-16-14-12-10-8-6-4-2/h21-30H,3-16H2,1-2H3. The SMILES string of the molecule is CCCCCCCCC#Cc1ccc2c(c1)oc1ccc3c(ccc4oc5cc(C#CCCCCCCCC)ccc5c43)c12. The van der Waals surface area contributed by atoms with E-state index in [9.17, 15) is 0 Å². The Bertz CT molecular complexity index is 1860. The van der Waals surface area contributed by atoms with Gasteiger partial charge in [0.05, 0.1) is 0 Å². The van der Waals surface area contributed by atoms with Gasteiger partial charge in [-0.3, -0.25) is 0 Å². The van der Waals surface area contributed by atoms with E-state index < -0.39 is 0 Å². The Morgan fingerprint density at radius 1 is 0.432 bits per heavy atom. The Hall–Kier alpha value is -4.14. The predicted octanol–water partition coefficient (Wildman–Crippen LogP) is 12.8. The maximum absolute atomic E-state index is 6.35. The predicted molar refractivity (Wildman–Crippen MR) is 188 cm³/mol. The van der Waals surface area contributed by atoms with Crippen molar-refractivity contribution in [3.63, 3.8) is 0 Å². The van der Waals surface area contributed by atoms with Gasteiger partial charge in [0.1, 0.15) is 22.3 Å². The van der Waals surface area contributed by atoms with Crippen molar-refractivity contribution in [3.8, 4) is 23.7 Å². The molecule has 2 nitrogen and oxygen atoms in total. The zero-order valence-corrected chi connectivity index (χ0v) is 26.5. The normalized spacial score (nSPS) is 11.4. The minimum Gasteiger partial charge on any atom is -0.456 e. The first kappa shape index (κ1) is 29.9. The molecule has 6 aromatic rings. The van der Waals surface area contributed by atoms with Gasteiger partial charge < -0.3 is 8.83 Å². The van der Waals surface area contributed by atoms with Gasteiger partial charge in [0.15, 0.2) is 0 Å². The molecule has 0 atom stereocenters. The molecule has 0 amide bonds. The van der Waals surface area contributed by atoms with Gasteiger partial charge in [0.2, 0.25) is 0 Å². The molecule has 4 aromatic carbocycles. The van der Waals surface area contributed by atoms with Gasteiger partial charge in [-0.1, -0.05) is 102 Å². The molecule has 0 fully saturated rings. The fourth-order valence-electron chi connectivity index (χ4n) is 6.43. The van der Waals surface area contributed by atoms with Crippen molar-refractivity contribution in [1.82, 2.24) is 0 Å². The average Bonchev–Trinajstić information content (AvgIpc) is 3.61.